The molecular formula is C20H22N2O4S. The first-order valence-electron chi connectivity index (χ1n) is 8.66. The highest BCUT2D eigenvalue weighted by Crippen LogP contribution is 2.33. The van der Waals surface area contributed by atoms with E-state index >= 15 is 0 Å². The third kappa shape index (κ3) is 5.31. The lowest BCUT2D eigenvalue weighted by molar-refractivity contribution is -0.116. The third-order valence-electron chi connectivity index (χ3n) is 3.87. The SMILES string of the molecule is CCOC(=O)c1sc(NC(=O)CCCOc2ccccc2C)c(C#N)c1C. The number of nitriles is 1. The number of carbonyl (C=O) groups excluding carboxylic acids is 2. The van der Waals surface area contributed by atoms with Gasteiger partial charge in [0, 0.05) is 6.42 Å². The molecule has 0 aliphatic heterocycles. The molecule has 142 valence electrons. The lowest BCUT2D eigenvalue weighted by Gasteiger charge is -2.08. The van der Waals surface area contributed by atoms with Gasteiger partial charge >= 0.3 is 5.97 Å². The number of ether oxygens (including phenoxy) is 2. The molecule has 2 aromatic rings. The Kier molecular flexibility index (Phi) is 7.38. The van der Waals surface area contributed by atoms with Crippen LogP contribution in [0.3, 0.4) is 0 Å². The number of carbonyl (C=O) groups is 2. The molecule has 7 heteroatoms. The highest BCUT2D eigenvalue weighted by molar-refractivity contribution is 7.18. The van der Waals surface area contributed by atoms with Gasteiger partial charge < -0.3 is 14.8 Å². The van der Waals surface area contributed by atoms with Crippen LogP contribution in [-0.4, -0.2) is 25.1 Å². The van der Waals surface area contributed by atoms with Gasteiger partial charge in [0.2, 0.25) is 5.91 Å². The Bertz CT molecular complexity index is 867. The number of para-hydroxylation sites is 1. The Morgan fingerprint density at radius 3 is 2.67 bits per heavy atom. The van der Waals surface area contributed by atoms with Crippen LogP contribution in [0.5, 0.6) is 5.75 Å². The molecule has 0 spiro atoms. The first kappa shape index (κ1) is 20.5. The summed E-state index contributed by atoms with van der Waals surface area (Å²) in [6.45, 7) is 6.02. The predicted octanol–water partition coefficient (Wildman–Crippen LogP) is 4.21. The molecule has 1 aromatic heterocycles. The van der Waals surface area contributed by atoms with Gasteiger partial charge in [-0.1, -0.05) is 18.2 Å². The highest BCUT2D eigenvalue weighted by atomic mass is 32.1. The molecule has 1 N–H and O–H groups in total. The van der Waals surface area contributed by atoms with E-state index < -0.39 is 5.97 Å². The molecule has 1 aromatic carbocycles. The predicted molar refractivity (Wildman–Crippen MR) is 104 cm³/mol. The molecule has 0 saturated heterocycles. The Morgan fingerprint density at radius 2 is 2.00 bits per heavy atom. The van der Waals surface area contributed by atoms with E-state index in [9.17, 15) is 14.9 Å². The van der Waals surface area contributed by atoms with Gasteiger partial charge in [0.15, 0.2) is 0 Å². The molecule has 0 bridgehead atoms. The highest BCUT2D eigenvalue weighted by Gasteiger charge is 2.22. The van der Waals surface area contributed by atoms with Gasteiger partial charge in [-0.25, -0.2) is 4.79 Å². The van der Waals surface area contributed by atoms with Crippen LogP contribution in [0.15, 0.2) is 24.3 Å². The van der Waals surface area contributed by atoms with Gasteiger partial charge in [-0.2, -0.15) is 5.26 Å². The molecule has 0 atom stereocenters. The largest absolute Gasteiger partial charge is 0.493 e. The molecule has 6 nitrogen and oxygen atoms in total. The molecule has 0 fully saturated rings. The standard InChI is InChI=1S/C20H22N2O4S/c1-4-25-20(24)18-14(3)15(12-21)19(27-18)22-17(23)10-7-11-26-16-9-6-5-8-13(16)2/h5-6,8-9H,4,7,10-11H2,1-3H3,(H,22,23). The van der Waals surface area contributed by atoms with Crippen molar-refractivity contribution in [3.63, 3.8) is 0 Å². The van der Waals surface area contributed by atoms with Crippen molar-refractivity contribution < 1.29 is 19.1 Å². The van der Waals surface area contributed by atoms with Crippen LogP contribution in [0.1, 0.15) is 46.1 Å². The molecule has 0 radical (unpaired) electrons. The zero-order valence-corrected chi connectivity index (χ0v) is 16.4. The van der Waals surface area contributed by atoms with Gasteiger partial charge in [-0.15, -0.1) is 11.3 Å². The average molecular weight is 386 g/mol. The summed E-state index contributed by atoms with van der Waals surface area (Å²) in [5.41, 5.74) is 1.87. The van der Waals surface area contributed by atoms with Crippen LogP contribution in [0.4, 0.5) is 5.00 Å². The summed E-state index contributed by atoms with van der Waals surface area (Å²) < 4.78 is 10.7. The van der Waals surface area contributed by atoms with Crippen LogP contribution >= 0.6 is 11.3 Å². The van der Waals surface area contributed by atoms with Crippen molar-refractivity contribution in [1.82, 2.24) is 0 Å². The van der Waals surface area contributed by atoms with Crippen molar-refractivity contribution in [2.24, 2.45) is 0 Å². The van der Waals surface area contributed by atoms with Crippen LogP contribution in [0, 0.1) is 25.2 Å². The van der Waals surface area contributed by atoms with E-state index in [-0.39, 0.29) is 18.9 Å². The minimum absolute atomic E-state index is 0.225. The molecule has 1 heterocycles. The number of esters is 1. The molecule has 0 aliphatic carbocycles. The number of aryl methyl sites for hydroxylation is 1. The Labute approximate surface area is 162 Å². The van der Waals surface area contributed by atoms with E-state index in [4.69, 9.17) is 9.47 Å². The first-order valence-corrected chi connectivity index (χ1v) is 9.48. The van der Waals surface area contributed by atoms with Crippen molar-refractivity contribution in [3.05, 3.63) is 45.8 Å². The van der Waals surface area contributed by atoms with Crippen molar-refractivity contribution in [3.8, 4) is 11.8 Å². The number of hydrogen-bond donors (Lipinski definition) is 1. The number of thiophene rings is 1. The summed E-state index contributed by atoms with van der Waals surface area (Å²) in [5, 5.41) is 12.4. The van der Waals surface area contributed by atoms with Crippen molar-refractivity contribution in [1.29, 1.82) is 5.26 Å². The fourth-order valence-electron chi connectivity index (χ4n) is 2.45. The molecule has 27 heavy (non-hydrogen) atoms. The quantitative estimate of drug-likeness (QED) is 0.542. The summed E-state index contributed by atoms with van der Waals surface area (Å²) in [6.07, 6.45) is 0.791. The average Bonchev–Trinajstić information content (AvgIpc) is 2.95. The lowest BCUT2D eigenvalue weighted by Crippen LogP contribution is -2.12. The zero-order valence-electron chi connectivity index (χ0n) is 15.6. The van der Waals surface area contributed by atoms with Crippen molar-refractivity contribution in [2.75, 3.05) is 18.5 Å². The maximum atomic E-state index is 12.2. The van der Waals surface area contributed by atoms with Crippen LogP contribution in [0.25, 0.3) is 0 Å². The number of benzene rings is 1. The van der Waals surface area contributed by atoms with E-state index in [2.05, 4.69) is 5.32 Å². The fourth-order valence-corrected chi connectivity index (χ4v) is 3.52. The number of hydrogen-bond acceptors (Lipinski definition) is 6. The molecule has 0 aliphatic rings. The molecule has 1 amide bonds. The number of amides is 1. The zero-order chi connectivity index (χ0) is 19.8. The monoisotopic (exact) mass is 386 g/mol. The van der Waals surface area contributed by atoms with Gasteiger partial charge in [-0.05, 0) is 44.4 Å². The maximum absolute atomic E-state index is 12.2. The van der Waals surface area contributed by atoms with Crippen molar-refractivity contribution >= 4 is 28.2 Å². The van der Waals surface area contributed by atoms with Gasteiger partial charge in [0.05, 0.1) is 18.8 Å². The summed E-state index contributed by atoms with van der Waals surface area (Å²) >= 11 is 1.06. The molecule has 0 unspecified atom stereocenters. The summed E-state index contributed by atoms with van der Waals surface area (Å²) in [7, 11) is 0. The lowest BCUT2D eigenvalue weighted by atomic mass is 10.1. The minimum Gasteiger partial charge on any atom is -0.493 e. The first-order chi connectivity index (χ1) is 13.0. The summed E-state index contributed by atoms with van der Waals surface area (Å²) in [5.74, 6) is 0.0952. The van der Waals surface area contributed by atoms with E-state index in [1.165, 1.54) is 0 Å². The maximum Gasteiger partial charge on any atom is 0.348 e. The third-order valence-corrected chi connectivity index (χ3v) is 5.06. The van der Waals surface area contributed by atoms with E-state index in [1.807, 2.05) is 37.3 Å². The van der Waals surface area contributed by atoms with Crippen LogP contribution < -0.4 is 10.1 Å². The van der Waals surface area contributed by atoms with E-state index in [1.54, 1.807) is 13.8 Å². The van der Waals surface area contributed by atoms with E-state index in [0.717, 1.165) is 22.6 Å². The smallest absolute Gasteiger partial charge is 0.348 e. The Hall–Kier alpha value is -2.85. The van der Waals surface area contributed by atoms with Gasteiger partial charge in [-0.3, -0.25) is 4.79 Å². The molecule has 2 rings (SSSR count). The molecular weight excluding hydrogens is 364 g/mol. The van der Waals surface area contributed by atoms with Gasteiger partial charge in [0.25, 0.3) is 0 Å². The second-order valence-electron chi connectivity index (χ2n) is 5.86. The Morgan fingerprint density at radius 1 is 1.26 bits per heavy atom. The second-order valence-corrected chi connectivity index (χ2v) is 6.88. The number of anilines is 1. The number of nitrogens with zero attached hydrogens (tertiary/aromatic N) is 1. The number of nitrogens with one attached hydrogen (secondary N) is 1. The van der Waals surface area contributed by atoms with Crippen molar-refractivity contribution in [2.45, 2.75) is 33.6 Å². The van der Waals surface area contributed by atoms with E-state index in [0.29, 0.717) is 34.0 Å². The summed E-state index contributed by atoms with van der Waals surface area (Å²) in [4.78, 5) is 24.5. The number of rotatable bonds is 8. The van der Waals surface area contributed by atoms with Crippen LogP contribution in [0.2, 0.25) is 0 Å². The normalized spacial score (nSPS) is 10.1. The second kappa shape index (κ2) is 9.74. The summed E-state index contributed by atoms with van der Waals surface area (Å²) in [6, 6.07) is 9.74. The topological polar surface area (TPSA) is 88.4 Å². The minimum atomic E-state index is -0.483. The van der Waals surface area contributed by atoms with Crippen LogP contribution in [-0.2, 0) is 9.53 Å². The van der Waals surface area contributed by atoms with Gasteiger partial charge in [0.1, 0.15) is 21.7 Å². The fraction of sp³-hybridized carbons (Fsp3) is 0.350. The Balaban J connectivity index is 1.92. The molecule has 0 saturated carbocycles.